The van der Waals surface area contributed by atoms with Crippen molar-refractivity contribution in [1.29, 1.82) is 0 Å². The van der Waals surface area contributed by atoms with Crippen molar-refractivity contribution in [3.05, 3.63) is 63.2 Å². The van der Waals surface area contributed by atoms with Crippen LogP contribution in [-0.2, 0) is 0 Å². The quantitative estimate of drug-likeness (QED) is 0.852. The van der Waals surface area contributed by atoms with Crippen molar-refractivity contribution >= 4 is 22.6 Å². The molecule has 1 atom stereocenters. The number of ether oxygens (including phenoxy) is 1. The first kappa shape index (κ1) is 13.4. The summed E-state index contributed by atoms with van der Waals surface area (Å²) in [5.41, 5.74) is 8.18. The minimum atomic E-state index is -0.0914. The van der Waals surface area contributed by atoms with Gasteiger partial charge in [-0.3, -0.25) is 0 Å². The van der Waals surface area contributed by atoms with Crippen LogP contribution in [0.25, 0.3) is 0 Å². The smallest absolute Gasteiger partial charge is 0.136 e. The highest BCUT2D eigenvalue weighted by atomic mass is 127. The first-order valence-electron chi connectivity index (χ1n) is 5.88. The number of hydrogen-bond acceptors (Lipinski definition) is 2. The molecule has 94 valence electrons. The van der Waals surface area contributed by atoms with Gasteiger partial charge in [-0.2, -0.15) is 0 Å². The number of nitrogens with two attached hydrogens (primary N) is 1. The average molecular weight is 353 g/mol. The second-order valence-electron chi connectivity index (χ2n) is 4.15. The molecule has 0 aromatic heterocycles. The summed E-state index contributed by atoms with van der Waals surface area (Å²) >= 11 is 2.28. The van der Waals surface area contributed by atoms with Crippen LogP contribution in [0.4, 0.5) is 0 Å². The lowest BCUT2D eigenvalue weighted by Gasteiger charge is -2.19. The highest BCUT2D eigenvalue weighted by Gasteiger charge is 2.13. The van der Waals surface area contributed by atoms with E-state index < -0.39 is 0 Å². The second kappa shape index (κ2) is 6.20. The molecule has 0 bridgehead atoms. The Balaban J connectivity index is 2.20. The lowest BCUT2D eigenvalue weighted by atomic mass is 10.0. The van der Waals surface area contributed by atoms with Crippen LogP contribution in [0.5, 0.6) is 5.75 Å². The van der Waals surface area contributed by atoms with E-state index in [-0.39, 0.29) is 6.10 Å². The van der Waals surface area contributed by atoms with E-state index in [2.05, 4.69) is 41.6 Å². The third-order valence-corrected chi connectivity index (χ3v) is 3.56. The summed E-state index contributed by atoms with van der Waals surface area (Å²) < 4.78 is 7.15. The average Bonchev–Trinajstić information content (AvgIpc) is 2.39. The summed E-state index contributed by atoms with van der Waals surface area (Å²) in [6.07, 6.45) is -0.0914. The molecule has 2 aromatic rings. The van der Waals surface area contributed by atoms with Crippen LogP contribution >= 0.6 is 22.6 Å². The molecule has 0 amide bonds. The summed E-state index contributed by atoms with van der Waals surface area (Å²) in [6, 6.07) is 16.2. The monoisotopic (exact) mass is 353 g/mol. The molecule has 0 aliphatic rings. The molecule has 2 N–H and O–H groups in total. The molecule has 3 heteroatoms. The Hall–Kier alpha value is -1.07. The highest BCUT2D eigenvalue weighted by Crippen LogP contribution is 2.24. The van der Waals surface area contributed by atoms with E-state index in [0.29, 0.717) is 6.54 Å². The van der Waals surface area contributed by atoms with Crippen molar-refractivity contribution in [3.63, 3.8) is 0 Å². The number of rotatable bonds is 4. The van der Waals surface area contributed by atoms with Gasteiger partial charge in [-0.1, -0.05) is 24.3 Å². The SMILES string of the molecule is Cc1ccccc1C(CN)Oc1ccc(I)cc1. The van der Waals surface area contributed by atoms with E-state index in [1.807, 2.05) is 36.4 Å². The van der Waals surface area contributed by atoms with E-state index in [1.54, 1.807) is 0 Å². The Morgan fingerprint density at radius 1 is 1.11 bits per heavy atom. The minimum Gasteiger partial charge on any atom is -0.484 e. The molecule has 0 radical (unpaired) electrons. The molecule has 1 unspecified atom stereocenters. The Kier molecular flexibility index (Phi) is 4.60. The molecular weight excluding hydrogens is 337 g/mol. The Labute approximate surface area is 121 Å². The molecule has 2 aromatic carbocycles. The van der Waals surface area contributed by atoms with Crippen LogP contribution in [0.1, 0.15) is 17.2 Å². The van der Waals surface area contributed by atoms with Crippen LogP contribution in [0.15, 0.2) is 48.5 Å². The summed E-state index contributed by atoms with van der Waals surface area (Å²) in [4.78, 5) is 0. The van der Waals surface area contributed by atoms with Crippen molar-refractivity contribution in [3.8, 4) is 5.75 Å². The summed E-state index contributed by atoms with van der Waals surface area (Å²) in [6.45, 7) is 2.55. The summed E-state index contributed by atoms with van der Waals surface area (Å²) in [5.74, 6) is 0.856. The van der Waals surface area contributed by atoms with E-state index in [4.69, 9.17) is 10.5 Å². The van der Waals surface area contributed by atoms with Gasteiger partial charge in [-0.25, -0.2) is 0 Å². The molecule has 18 heavy (non-hydrogen) atoms. The van der Waals surface area contributed by atoms with Crippen LogP contribution in [0, 0.1) is 10.5 Å². The van der Waals surface area contributed by atoms with Crippen molar-refractivity contribution in [1.82, 2.24) is 0 Å². The minimum absolute atomic E-state index is 0.0914. The molecule has 0 heterocycles. The Morgan fingerprint density at radius 3 is 2.39 bits per heavy atom. The van der Waals surface area contributed by atoms with Gasteiger partial charge in [0, 0.05) is 10.1 Å². The zero-order chi connectivity index (χ0) is 13.0. The molecule has 0 saturated carbocycles. The zero-order valence-electron chi connectivity index (χ0n) is 10.3. The van der Waals surface area contributed by atoms with Gasteiger partial charge < -0.3 is 10.5 Å². The lowest BCUT2D eigenvalue weighted by molar-refractivity contribution is 0.213. The van der Waals surface area contributed by atoms with Gasteiger partial charge in [-0.15, -0.1) is 0 Å². The zero-order valence-corrected chi connectivity index (χ0v) is 12.4. The van der Waals surface area contributed by atoms with Gasteiger partial charge in [0.25, 0.3) is 0 Å². The van der Waals surface area contributed by atoms with E-state index in [1.165, 1.54) is 9.13 Å². The summed E-state index contributed by atoms with van der Waals surface area (Å²) in [7, 11) is 0. The molecule has 0 fully saturated rings. The van der Waals surface area contributed by atoms with Crippen molar-refractivity contribution in [2.45, 2.75) is 13.0 Å². The largest absolute Gasteiger partial charge is 0.484 e. The number of aryl methyl sites for hydroxylation is 1. The first-order valence-corrected chi connectivity index (χ1v) is 6.96. The van der Waals surface area contributed by atoms with Gasteiger partial charge in [-0.05, 0) is 64.9 Å². The maximum Gasteiger partial charge on any atom is 0.136 e. The maximum atomic E-state index is 5.96. The van der Waals surface area contributed by atoms with E-state index in [0.717, 1.165) is 11.3 Å². The Morgan fingerprint density at radius 2 is 1.78 bits per heavy atom. The molecule has 2 rings (SSSR count). The third-order valence-electron chi connectivity index (χ3n) is 2.84. The second-order valence-corrected chi connectivity index (χ2v) is 5.40. The van der Waals surface area contributed by atoms with Gasteiger partial charge in [0.2, 0.25) is 0 Å². The van der Waals surface area contributed by atoms with Gasteiger partial charge in [0.05, 0.1) is 0 Å². The maximum absolute atomic E-state index is 5.96. The van der Waals surface area contributed by atoms with Crippen molar-refractivity contribution in [2.24, 2.45) is 5.73 Å². The Bertz CT molecular complexity index is 510. The number of hydrogen-bond donors (Lipinski definition) is 1. The van der Waals surface area contributed by atoms with Gasteiger partial charge >= 0.3 is 0 Å². The topological polar surface area (TPSA) is 35.2 Å². The van der Waals surface area contributed by atoms with E-state index >= 15 is 0 Å². The standard InChI is InChI=1S/C15H16INO/c1-11-4-2-3-5-14(11)15(10-17)18-13-8-6-12(16)7-9-13/h2-9,15H,10,17H2,1H3. The van der Waals surface area contributed by atoms with Crippen LogP contribution in [-0.4, -0.2) is 6.54 Å². The van der Waals surface area contributed by atoms with Crippen LogP contribution < -0.4 is 10.5 Å². The van der Waals surface area contributed by atoms with Gasteiger partial charge in [0.15, 0.2) is 0 Å². The van der Waals surface area contributed by atoms with Crippen LogP contribution in [0.2, 0.25) is 0 Å². The van der Waals surface area contributed by atoms with E-state index in [9.17, 15) is 0 Å². The molecule has 0 saturated heterocycles. The fourth-order valence-corrected chi connectivity index (χ4v) is 2.22. The normalized spacial score (nSPS) is 12.2. The predicted octanol–water partition coefficient (Wildman–Crippen LogP) is 3.68. The van der Waals surface area contributed by atoms with Crippen molar-refractivity contribution < 1.29 is 4.74 Å². The van der Waals surface area contributed by atoms with Crippen molar-refractivity contribution in [2.75, 3.05) is 6.54 Å². The predicted molar refractivity (Wildman–Crippen MR) is 82.8 cm³/mol. The lowest BCUT2D eigenvalue weighted by Crippen LogP contribution is -2.19. The molecule has 0 aliphatic carbocycles. The molecule has 2 nitrogen and oxygen atoms in total. The molecular formula is C15H16INO. The molecule has 0 aliphatic heterocycles. The van der Waals surface area contributed by atoms with Crippen LogP contribution in [0.3, 0.4) is 0 Å². The number of benzene rings is 2. The van der Waals surface area contributed by atoms with Gasteiger partial charge in [0.1, 0.15) is 11.9 Å². The first-order chi connectivity index (χ1) is 8.70. The fourth-order valence-electron chi connectivity index (χ4n) is 1.86. The summed E-state index contributed by atoms with van der Waals surface area (Å²) in [5, 5.41) is 0. The third kappa shape index (κ3) is 3.23. The number of halogens is 1. The molecule has 0 spiro atoms. The fraction of sp³-hybridized carbons (Fsp3) is 0.200. The highest BCUT2D eigenvalue weighted by molar-refractivity contribution is 14.1.